The van der Waals surface area contributed by atoms with Gasteiger partial charge in [-0.1, -0.05) is 30.0 Å². The summed E-state index contributed by atoms with van der Waals surface area (Å²) < 4.78 is 0. The highest BCUT2D eigenvalue weighted by atomic mass is 32.1. The van der Waals surface area contributed by atoms with E-state index in [2.05, 4.69) is 11.8 Å². The topological polar surface area (TPSA) is 40.5 Å². The average molecular weight is 299 g/mol. The molecule has 0 bridgehead atoms. The molecule has 0 spiro atoms. The molecule has 0 aliphatic heterocycles. The summed E-state index contributed by atoms with van der Waals surface area (Å²) in [6.45, 7) is 0.348. The van der Waals surface area contributed by atoms with Crippen molar-refractivity contribution >= 4 is 17.2 Å². The molecule has 0 saturated carbocycles. The van der Waals surface area contributed by atoms with Gasteiger partial charge in [-0.3, -0.25) is 4.79 Å². The predicted molar refractivity (Wildman–Crippen MR) is 84.9 cm³/mol. The van der Waals surface area contributed by atoms with Crippen LogP contribution in [0.5, 0.6) is 0 Å². The molecule has 4 heteroatoms. The second kappa shape index (κ2) is 7.63. The van der Waals surface area contributed by atoms with E-state index in [9.17, 15) is 4.79 Å². The van der Waals surface area contributed by atoms with Gasteiger partial charge in [-0.2, -0.15) is 11.3 Å². The summed E-state index contributed by atoms with van der Waals surface area (Å²) in [6.07, 6.45) is 0.421. The summed E-state index contributed by atoms with van der Waals surface area (Å²) in [5.74, 6) is 5.65. The maximum Gasteiger partial charge on any atom is 0.227 e. The van der Waals surface area contributed by atoms with Crippen LogP contribution in [0, 0.1) is 11.8 Å². The highest BCUT2D eigenvalue weighted by Crippen LogP contribution is 2.12. The molecule has 1 N–H and O–H groups in total. The Morgan fingerprint density at radius 2 is 2.14 bits per heavy atom. The lowest BCUT2D eigenvalue weighted by Crippen LogP contribution is -2.27. The normalized spacial score (nSPS) is 9.81. The van der Waals surface area contributed by atoms with E-state index in [1.54, 1.807) is 23.3 Å². The van der Waals surface area contributed by atoms with Gasteiger partial charge in [-0.05, 0) is 34.0 Å². The number of carbonyl (C=O) groups is 1. The van der Waals surface area contributed by atoms with Gasteiger partial charge in [0.1, 0.15) is 6.61 Å². The molecule has 1 aromatic heterocycles. The molecule has 108 valence electrons. The van der Waals surface area contributed by atoms with E-state index in [4.69, 9.17) is 5.11 Å². The summed E-state index contributed by atoms with van der Waals surface area (Å²) in [6, 6.07) is 9.65. The van der Waals surface area contributed by atoms with Crippen molar-refractivity contribution < 1.29 is 9.90 Å². The number of aliphatic hydroxyl groups excluding tert-OH is 1. The zero-order valence-corrected chi connectivity index (χ0v) is 12.7. The molecule has 1 heterocycles. The quantitative estimate of drug-likeness (QED) is 0.880. The van der Waals surface area contributed by atoms with Crippen molar-refractivity contribution in [3.63, 3.8) is 0 Å². The van der Waals surface area contributed by atoms with Crippen molar-refractivity contribution in [1.29, 1.82) is 0 Å². The predicted octanol–water partition coefficient (Wildman–Crippen LogP) is 2.29. The lowest BCUT2D eigenvalue weighted by molar-refractivity contribution is -0.129. The van der Waals surface area contributed by atoms with Gasteiger partial charge in [0, 0.05) is 19.2 Å². The molecule has 0 unspecified atom stereocenters. The minimum Gasteiger partial charge on any atom is -0.384 e. The minimum absolute atomic E-state index is 0.0818. The number of benzene rings is 1. The summed E-state index contributed by atoms with van der Waals surface area (Å²) in [5.41, 5.74) is 2.88. The number of nitrogens with zero attached hydrogens (tertiary/aromatic N) is 1. The Hall–Kier alpha value is -2.09. The molecule has 0 radical (unpaired) electrons. The van der Waals surface area contributed by atoms with E-state index in [-0.39, 0.29) is 12.5 Å². The van der Waals surface area contributed by atoms with Crippen molar-refractivity contribution in [3.05, 3.63) is 57.8 Å². The van der Waals surface area contributed by atoms with Gasteiger partial charge in [0.25, 0.3) is 0 Å². The largest absolute Gasteiger partial charge is 0.384 e. The SMILES string of the molecule is CN(Cc1ccccc1C#CCO)C(=O)Cc1ccsc1. The number of hydrogen-bond acceptors (Lipinski definition) is 3. The number of hydrogen-bond donors (Lipinski definition) is 1. The molecule has 2 aromatic rings. The molecule has 0 saturated heterocycles. The third kappa shape index (κ3) is 4.45. The number of likely N-dealkylation sites (N-methyl/N-ethyl adjacent to an activating group) is 1. The second-order valence-electron chi connectivity index (χ2n) is 4.68. The number of amides is 1. The highest BCUT2D eigenvalue weighted by molar-refractivity contribution is 7.07. The van der Waals surface area contributed by atoms with E-state index in [0.717, 1.165) is 16.7 Å². The molecule has 3 nitrogen and oxygen atoms in total. The molecule has 0 aliphatic carbocycles. The Balaban J connectivity index is 2.05. The maximum atomic E-state index is 12.2. The van der Waals surface area contributed by atoms with E-state index in [1.807, 2.05) is 41.1 Å². The van der Waals surface area contributed by atoms with Gasteiger partial charge in [0.2, 0.25) is 5.91 Å². The Bertz CT molecular complexity index is 653. The lowest BCUT2D eigenvalue weighted by atomic mass is 10.1. The van der Waals surface area contributed by atoms with Crippen LogP contribution in [0.25, 0.3) is 0 Å². The van der Waals surface area contributed by atoms with Crippen LogP contribution in [0.3, 0.4) is 0 Å². The standard InChI is InChI=1S/C17H17NO2S/c1-18(17(20)11-14-8-10-21-13-14)12-16-6-3-2-5-15(16)7-4-9-19/h2-3,5-6,8,10,13,19H,9,11-12H2,1H3. The minimum atomic E-state index is -0.165. The Labute approximate surface area is 128 Å². The van der Waals surface area contributed by atoms with Crippen LogP contribution in [0.2, 0.25) is 0 Å². The molecular weight excluding hydrogens is 282 g/mol. The van der Waals surface area contributed by atoms with E-state index >= 15 is 0 Å². The van der Waals surface area contributed by atoms with Crippen LogP contribution in [0.4, 0.5) is 0 Å². The van der Waals surface area contributed by atoms with Crippen molar-refractivity contribution in [2.24, 2.45) is 0 Å². The van der Waals surface area contributed by atoms with Crippen LogP contribution in [-0.2, 0) is 17.8 Å². The first-order valence-corrected chi connectivity index (χ1v) is 7.57. The zero-order chi connectivity index (χ0) is 15.1. The Kier molecular flexibility index (Phi) is 5.56. The fourth-order valence-corrected chi connectivity index (χ4v) is 2.63. The molecular formula is C17H17NO2S. The fourth-order valence-electron chi connectivity index (χ4n) is 1.96. The van der Waals surface area contributed by atoms with Gasteiger partial charge >= 0.3 is 0 Å². The fraction of sp³-hybridized carbons (Fsp3) is 0.235. The summed E-state index contributed by atoms with van der Waals surface area (Å²) in [5, 5.41) is 12.8. The summed E-state index contributed by atoms with van der Waals surface area (Å²) >= 11 is 1.60. The Morgan fingerprint density at radius 1 is 1.33 bits per heavy atom. The van der Waals surface area contributed by atoms with Crippen molar-refractivity contribution in [3.8, 4) is 11.8 Å². The average Bonchev–Trinajstić information content (AvgIpc) is 2.99. The smallest absolute Gasteiger partial charge is 0.227 e. The van der Waals surface area contributed by atoms with Crippen molar-refractivity contribution in [2.75, 3.05) is 13.7 Å². The maximum absolute atomic E-state index is 12.2. The number of rotatable bonds is 4. The van der Waals surface area contributed by atoms with E-state index in [1.165, 1.54) is 0 Å². The van der Waals surface area contributed by atoms with Crippen LogP contribution in [-0.4, -0.2) is 29.6 Å². The van der Waals surface area contributed by atoms with Crippen LogP contribution < -0.4 is 0 Å². The first kappa shape index (κ1) is 15.3. The first-order chi connectivity index (χ1) is 10.2. The van der Waals surface area contributed by atoms with Crippen LogP contribution in [0.15, 0.2) is 41.1 Å². The highest BCUT2D eigenvalue weighted by Gasteiger charge is 2.11. The van der Waals surface area contributed by atoms with Crippen LogP contribution >= 0.6 is 11.3 Å². The van der Waals surface area contributed by atoms with Gasteiger partial charge in [-0.25, -0.2) is 0 Å². The molecule has 0 fully saturated rings. The van der Waals surface area contributed by atoms with E-state index in [0.29, 0.717) is 13.0 Å². The zero-order valence-electron chi connectivity index (χ0n) is 11.9. The summed E-state index contributed by atoms with van der Waals surface area (Å²) in [7, 11) is 1.80. The van der Waals surface area contributed by atoms with Gasteiger partial charge in [-0.15, -0.1) is 0 Å². The Morgan fingerprint density at radius 3 is 2.86 bits per heavy atom. The van der Waals surface area contributed by atoms with Crippen LogP contribution in [0.1, 0.15) is 16.7 Å². The van der Waals surface area contributed by atoms with E-state index < -0.39 is 0 Å². The van der Waals surface area contributed by atoms with Gasteiger partial charge in [0.05, 0.1) is 6.42 Å². The molecule has 21 heavy (non-hydrogen) atoms. The first-order valence-electron chi connectivity index (χ1n) is 6.63. The van der Waals surface area contributed by atoms with Crippen molar-refractivity contribution in [2.45, 2.75) is 13.0 Å². The third-order valence-corrected chi connectivity index (χ3v) is 3.82. The molecule has 0 aliphatic rings. The van der Waals surface area contributed by atoms with Crippen molar-refractivity contribution in [1.82, 2.24) is 4.90 Å². The molecule has 1 amide bonds. The van der Waals surface area contributed by atoms with Gasteiger partial charge in [0.15, 0.2) is 0 Å². The third-order valence-electron chi connectivity index (χ3n) is 3.09. The summed E-state index contributed by atoms with van der Waals surface area (Å²) in [4.78, 5) is 13.9. The molecule has 1 aromatic carbocycles. The molecule has 2 rings (SSSR count). The lowest BCUT2D eigenvalue weighted by Gasteiger charge is -2.18. The number of carbonyl (C=O) groups excluding carboxylic acids is 1. The number of thiophene rings is 1. The van der Waals surface area contributed by atoms with Gasteiger partial charge < -0.3 is 10.0 Å². The monoisotopic (exact) mass is 299 g/mol. The molecule has 0 atom stereocenters. The number of aliphatic hydroxyl groups is 1. The second-order valence-corrected chi connectivity index (χ2v) is 5.46.